The number of nitrogens with zero attached hydrogens (tertiary/aromatic N) is 2. The predicted molar refractivity (Wildman–Crippen MR) is 76.5 cm³/mol. The molecule has 0 bridgehead atoms. The van der Waals surface area contributed by atoms with E-state index in [0.29, 0.717) is 12.2 Å². The number of imide groups is 1. The number of carbonyl (C=O) groups excluding carboxylic acids is 2. The lowest BCUT2D eigenvalue weighted by Gasteiger charge is -2.27. The number of piperidine rings is 1. The molecule has 2 aliphatic rings. The Morgan fingerprint density at radius 3 is 2.45 bits per heavy atom. The van der Waals surface area contributed by atoms with E-state index in [1.54, 1.807) is 12.1 Å². The van der Waals surface area contributed by atoms with E-state index in [2.05, 4.69) is 10.2 Å². The molecule has 1 unspecified atom stereocenters. The van der Waals surface area contributed by atoms with Crippen molar-refractivity contribution < 1.29 is 9.59 Å². The smallest absolute Gasteiger partial charge is 0.324 e. The van der Waals surface area contributed by atoms with Gasteiger partial charge in [-0.25, -0.2) is 9.69 Å². The molecular formula is C15H19N3O2. The molecular weight excluding hydrogens is 254 g/mol. The number of carbonyl (C=O) groups is 2. The third kappa shape index (κ3) is 2.54. The zero-order valence-corrected chi connectivity index (χ0v) is 11.4. The first-order valence-electron chi connectivity index (χ1n) is 7.17. The van der Waals surface area contributed by atoms with Crippen molar-refractivity contribution in [1.29, 1.82) is 0 Å². The summed E-state index contributed by atoms with van der Waals surface area (Å²) in [6, 6.07) is 8.35. The van der Waals surface area contributed by atoms with Crippen molar-refractivity contribution in [1.82, 2.24) is 10.2 Å². The fraction of sp³-hybridized carbons (Fsp3) is 0.467. The van der Waals surface area contributed by atoms with Gasteiger partial charge < -0.3 is 10.2 Å². The van der Waals surface area contributed by atoms with Crippen molar-refractivity contribution in [2.75, 3.05) is 24.5 Å². The number of para-hydroxylation sites is 1. The molecule has 1 aromatic carbocycles. The fourth-order valence-corrected chi connectivity index (χ4v) is 2.88. The van der Waals surface area contributed by atoms with E-state index in [0.717, 1.165) is 13.1 Å². The van der Waals surface area contributed by atoms with Gasteiger partial charge in [0.2, 0.25) is 0 Å². The molecule has 2 saturated heterocycles. The van der Waals surface area contributed by atoms with Gasteiger partial charge in [-0.3, -0.25) is 4.79 Å². The van der Waals surface area contributed by atoms with Crippen LogP contribution in [-0.2, 0) is 4.79 Å². The molecule has 1 aromatic rings. The molecule has 1 atom stereocenters. The average Bonchev–Trinajstić information content (AvgIpc) is 2.75. The second-order valence-electron chi connectivity index (χ2n) is 5.37. The number of amides is 3. The monoisotopic (exact) mass is 273 g/mol. The molecule has 0 radical (unpaired) electrons. The largest absolute Gasteiger partial charge is 0.329 e. The molecule has 0 spiro atoms. The number of hydrogen-bond acceptors (Lipinski definition) is 3. The quantitative estimate of drug-likeness (QED) is 0.851. The molecule has 106 valence electrons. The van der Waals surface area contributed by atoms with Crippen LogP contribution in [0, 0.1) is 0 Å². The van der Waals surface area contributed by atoms with E-state index < -0.39 is 6.04 Å². The molecule has 20 heavy (non-hydrogen) atoms. The van der Waals surface area contributed by atoms with Gasteiger partial charge in [0.25, 0.3) is 5.91 Å². The third-order valence-corrected chi connectivity index (χ3v) is 3.92. The predicted octanol–water partition coefficient (Wildman–Crippen LogP) is 1.60. The van der Waals surface area contributed by atoms with Gasteiger partial charge in [-0.2, -0.15) is 0 Å². The first-order valence-corrected chi connectivity index (χ1v) is 7.17. The molecule has 5 heteroatoms. The molecule has 0 saturated carbocycles. The van der Waals surface area contributed by atoms with Gasteiger partial charge in [0.15, 0.2) is 0 Å². The molecule has 0 aliphatic carbocycles. The van der Waals surface area contributed by atoms with E-state index >= 15 is 0 Å². The number of benzene rings is 1. The van der Waals surface area contributed by atoms with Crippen LogP contribution < -0.4 is 10.2 Å². The lowest BCUT2D eigenvalue weighted by Crippen LogP contribution is -2.44. The van der Waals surface area contributed by atoms with E-state index in [-0.39, 0.29) is 11.9 Å². The fourth-order valence-electron chi connectivity index (χ4n) is 2.88. The van der Waals surface area contributed by atoms with Gasteiger partial charge in [-0.05, 0) is 38.1 Å². The summed E-state index contributed by atoms with van der Waals surface area (Å²) in [7, 11) is 0. The number of likely N-dealkylation sites (tertiary alicyclic amines) is 1. The van der Waals surface area contributed by atoms with Crippen molar-refractivity contribution in [3.05, 3.63) is 30.3 Å². The van der Waals surface area contributed by atoms with Crippen LogP contribution in [0.3, 0.4) is 0 Å². The third-order valence-electron chi connectivity index (χ3n) is 3.92. The van der Waals surface area contributed by atoms with Gasteiger partial charge in [0, 0.05) is 6.54 Å². The van der Waals surface area contributed by atoms with Gasteiger partial charge in [0.05, 0.1) is 5.69 Å². The van der Waals surface area contributed by atoms with Crippen LogP contribution in [0.15, 0.2) is 30.3 Å². The zero-order valence-electron chi connectivity index (χ0n) is 11.4. The summed E-state index contributed by atoms with van der Waals surface area (Å²) in [5.74, 6) is -0.147. The highest BCUT2D eigenvalue weighted by atomic mass is 16.2. The highest BCUT2D eigenvalue weighted by molar-refractivity contribution is 6.21. The number of anilines is 1. The summed E-state index contributed by atoms with van der Waals surface area (Å²) < 4.78 is 0. The lowest BCUT2D eigenvalue weighted by atomic mass is 10.1. The standard InChI is InChI=1S/C15H19N3O2/c19-14-13(11-17-9-5-2-6-10-17)16-15(20)18(14)12-7-3-1-4-8-12/h1,3-4,7-8,13H,2,5-6,9-11H2,(H,16,20). The Kier molecular flexibility index (Phi) is 3.69. The van der Waals surface area contributed by atoms with Crippen LogP contribution in [-0.4, -0.2) is 42.5 Å². The summed E-state index contributed by atoms with van der Waals surface area (Å²) in [5, 5.41) is 2.80. The van der Waals surface area contributed by atoms with Crippen molar-refractivity contribution in [3.8, 4) is 0 Å². The summed E-state index contributed by atoms with van der Waals surface area (Å²) >= 11 is 0. The Hall–Kier alpha value is -1.88. The van der Waals surface area contributed by atoms with E-state index in [4.69, 9.17) is 0 Å². The molecule has 1 N–H and O–H groups in total. The zero-order chi connectivity index (χ0) is 13.9. The summed E-state index contributed by atoms with van der Waals surface area (Å²) in [4.78, 5) is 27.9. The van der Waals surface area contributed by atoms with Crippen molar-refractivity contribution >= 4 is 17.6 Å². The SMILES string of the molecule is O=C1NC(CN2CCCCC2)C(=O)N1c1ccccc1. The first kappa shape index (κ1) is 13.1. The number of rotatable bonds is 3. The van der Waals surface area contributed by atoms with Gasteiger partial charge in [-0.15, -0.1) is 0 Å². The molecule has 3 rings (SSSR count). The Balaban J connectivity index is 1.70. The van der Waals surface area contributed by atoms with Crippen molar-refractivity contribution in [2.24, 2.45) is 0 Å². The molecule has 0 aromatic heterocycles. The maximum Gasteiger partial charge on any atom is 0.329 e. The van der Waals surface area contributed by atoms with Crippen LogP contribution in [0.25, 0.3) is 0 Å². The minimum atomic E-state index is -0.416. The number of hydrogen-bond donors (Lipinski definition) is 1. The maximum absolute atomic E-state index is 12.4. The van der Waals surface area contributed by atoms with Gasteiger partial charge >= 0.3 is 6.03 Å². The van der Waals surface area contributed by atoms with Gasteiger partial charge in [-0.1, -0.05) is 24.6 Å². The number of nitrogens with one attached hydrogen (secondary N) is 1. The Morgan fingerprint density at radius 1 is 1.05 bits per heavy atom. The summed E-state index contributed by atoms with van der Waals surface area (Å²) in [5.41, 5.74) is 0.635. The topological polar surface area (TPSA) is 52.7 Å². The lowest BCUT2D eigenvalue weighted by molar-refractivity contribution is -0.118. The highest BCUT2D eigenvalue weighted by Crippen LogP contribution is 2.20. The minimum absolute atomic E-state index is 0.147. The van der Waals surface area contributed by atoms with E-state index in [1.165, 1.54) is 24.2 Å². The van der Waals surface area contributed by atoms with Crippen LogP contribution >= 0.6 is 0 Å². The van der Waals surface area contributed by atoms with Crippen LogP contribution in [0.5, 0.6) is 0 Å². The molecule has 3 amide bonds. The average molecular weight is 273 g/mol. The summed E-state index contributed by atoms with van der Waals surface area (Å²) in [6.45, 7) is 2.66. The second-order valence-corrected chi connectivity index (χ2v) is 5.37. The van der Waals surface area contributed by atoms with Crippen LogP contribution in [0.1, 0.15) is 19.3 Å². The molecule has 2 fully saturated rings. The Labute approximate surface area is 118 Å². The number of urea groups is 1. The van der Waals surface area contributed by atoms with Crippen LogP contribution in [0.4, 0.5) is 10.5 Å². The minimum Gasteiger partial charge on any atom is -0.324 e. The maximum atomic E-state index is 12.4. The highest BCUT2D eigenvalue weighted by Gasteiger charge is 2.39. The van der Waals surface area contributed by atoms with E-state index in [9.17, 15) is 9.59 Å². The Bertz CT molecular complexity index is 497. The molecule has 2 aliphatic heterocycles. The first-order chi connectivity index (χ1) is 9.75. The summed E-state index contributed by atoms with van der Waals surface area (Å²) in [6.07, 6.45) is 3.62. The Morgan fingerprint density at radius 2 is 1.75 bits per heavy atom. The molecule has 2 heterocycles. The van der Waals surface area contributed by atoms with Gasteiger partial charge in [0.1, 0.15) is 6.04 Å². The van der Waals surface area contributed by atoms with Crippen molar-refractivity contribution in [2.45, 2.75) is 25.3 Å². The van der Waals surface area contributed by atoms with Crippen LogP contribution in [0.2, 0.25) is 0 Å². The second kappa shape index (κ2) is 5.63. The van der Waals surface area contributed by atoms with E-state index in [1.807, 2.05) is 18.2 Å². The normalized spacial score (nSPS) is 24.0. The van der Waals surface area contributed by atoms with Crippen molar-refractivity contribution in [3.63, 3.8) is 0 Å². The molecule has 5 nitrogen and oxygen atoms in total.